The minimum Gasteiger partial charge on any atom is -0.383 e. The van der Waals surface area contributed by atoms with E-state index in [1.165, 1.54) is 43.5 Å². The second-order valence-corrected chi connectivity index (χ2v) is 6.27. The number of aliphatic imine (C=N–C) groups is 1. The van der Waals surface area contributed by atoms with Crippen LogP contribution in [0.4, 0.5) is 0 Å². The van der Waals surface area contributed by atoms with Crippen LogP contribution in [0.15, 0.2) is 29.3 Å². The van der Waals surface area contributed by atoms with Gasteiger partial charge in [0, 0.05) is 26.7 Å². The lowest BCUT2D eigenvalue weighted by atomic mass is 10.1. The molecule has 1 aliphatic heterocycles. The molecular weight excluding hydrogens is 300 g/mol. The molecule has 134 valence electrons. The van der Waals surface area contributed by atoms with Crippen LogP contribution in [0.5, 0.6) is 0 Å². The second kappa shape index (κ2) is 11.0. The number of hydrogen-bond donors (Lipinski definition) is 2. The van der Waals surface area contributed by atoms with Gasteiger partial charge in [-0.1, -0.05) is 30.7 Å². The molecule has 0 spiro atoms. The number of benzene rings is 1. The van der Waals surface area contributed by atoms with Crippen molar-refractivity contribution in [1.82, 2.24) is 15.5 Å². The highest BCUT2D eigenvalue weighted by Crippen LogP contribution is 2.13. The monoisotopic (exact) mass is 332 g/mol. The van der Waals surface area contributed by atoms with Crippen molar-refractivity contribution in [1.29, 1.82) is 0 Å². The number of piperidine rings is 1. The van der Waals surface area contributed by atoms with Gasteiger partial charge in [-0.3, -0.25) is 4.90 Å². The molecule has 0 bridgehead atoms. The van der Waals surface area contributed by atoms with Crippen LogP contribution in [0.1, 0.15) is 37.3 Å². The van der Waals surface area contributed by atoms with Crippen LogP contribution in [-0.2, 0) is 17.8 Å². The van der Waals surface area contributed by atoms with E-state index in [1.54, 1.807) is 7.11 Å². The summed E-state index contributed by atoms with van der Waals surface area (Å²) in [5.41, 5.74) is 2.64. The van der Waals surface area contributed by atoms with Crippen molar-refractivity contribution in [2.75, 3.05) is 39.9 Å². The maximum Gasteiger partial charge on any atom is 0.191 e. The Bertz CT molecular complexity index is 481. The van der Waals surface area contributed by atoms with Crippen molar-refractivity contribution in [2.24, 2.45) is 4.99 Å². The lowest BCUT2D eigenvalue weighted by molar-refractivity contribution is 0.203. The maximum absolute atomic E-state index is 5.06. The highest BCUT2D eigenvalue weighted by molar-refractivity contribution is 5.79. The predicted octanol–water partition coefficient (Wildman–Crippen LogP) is 2.37. The topological polar surface area (TPSA) is 48.9 Å². The zero-order valence-electron chi connectivity index (χ0n) is 15.2. The van der Waals surface area contributed by atoms with E-state index in [0.29, 0.717) is 13.2 Å². The lowest BCUT2D eigenvalue weighted by Gasteiger charge is -2.26. The molecule has 1 aromatic rings. The quantitative estimate of drug-likeness (QED) is 0.436. The molecule has 2 rings (SSSR count). The van der Waals surface area contributed by atoms with Gasteiger partial charge in [0.15, 0.2) is 5.96 Å². The zero-order valence-corrected chi connectivity index (χ0v) is 15.2. The molecule has 0 amide bonds. The molecule has 2 N–H and O–H groups in total. The van der Waals surface area contributed by atoms with Crippen LogP contribution in [-0.4, -0.2) is 50.8 Å². The Kier molecular flexibility index (Phi) is 8.63. The number of rotatable bonds is 8. The molecule has 0 aromatic heterocycles. The second-order valence-electron chi connectivity index (χ2n) is 6.27. The summed E-state index contributed by atoms with van der Waals surface area (Å²) in [6.45, 7) is 8.61. The van der Waals surface area contributed by atoms with E-state index in [1.807, 2.05) is 0 Å². The first-order valence-electron chi connectivity index (χ1n) is 9.13. The zero-order chi connectivity index (χ0) is 17.0. The summed E-state index contributed by atoms with van der Waals surface area (Å²) in [4.78, 5) is 7.18. The van der Waals surface area contributed by atoms with Crippen LogP contribution >= 0.6 is 0 Å². The number of guanidine groups is 1. The Morgan fingerprint density at radius 2 is 1.79 bits per heavy atom. The van der Waals surface area contributed by atoms with Crippen LogP contribution < -0.4 is 10.6 Å². The number of nitrogens with zero attached hydrogens (tertiary/aromatic N) is 2. The van der Waals surface area contributed by atoms with Gasteiger partial charge in [0.25, 0.3) is 0 Å². The van der Waals surface area contributed by atoms with Crippen LogP contribution in [0.3, 0.4) is 0 Å². The molecule has 0 unspecified atom stereocenters. The third-order valence-corrected chi connectivity index (χ3v) is 4.24. The fraction of sp³-hybridized carbons (Fsp3) is 0.632. The van der Waals surface area contributed by atoms with E-state index in [4.69, 9.17) is 4.74 Å². The Hall–Kier alpha value is -1.59. The first kappa shape index (κ1) is 18.7. The molecule has 0 aliphatic carbocycles. The summed E-state index contributed by atoms with van der Waals surface area (Å²) in [5.74, 6) is 0.840. The third-order valence-electron chi connectivity index (χ3n) is 4.24. The Labute approximate surface area is 146 Å². The molecule has 5 nitrogen and oxygen atoms in total. The van der Waals surface area contributed by atoms with Crippen LogP contribution in [0.25, 0.3) is 0 Å². The summed E-state index contributed by atoms with van der Waals surface area (Å²) in [6, 6.07) is 8.87. The summed E-state index contributed by atoms with van der Waals surface area (Å²) in [5, 5.41) is 6.52. The molecule has 1 heterocycles. The van der Waals surface area contributed by atoms with Gasteiger partial charge in [0.1, 0.15) is 0 Å². The van der Waals surface area contributed by atoms with E-state index in [-0.39, 0.29) is 0 Å². The fourth-order valence-corrected chi connectivity index (χ4v) is 2.91. The van der Waals surface area contributed by atoms with Crippen molar-refractivity contribution in [3.63, 3.8) is 0 Å². The van der Waals surface area contributed by atoms with Gasteiger partial charge in [-0.25, -0.2) is 4.99 Å². The average molecular weight is 332 g/mol. The van der Waals surface area contributed by atoms with Gasteiger partial charge in [-0.15, -0.1) is 0 Å². The van der Waals surface area contributed by atoms with Gasteiger partial charge in [0.05, 0.1) is 13.2 Å². The molecule has 1 aliphatic rings. The fourth-order valence-electron chi connectivity index (χ4n) is 2.91. The Morgan fingerprint density at radius 1 is 1.08 bits per heavy atom. The van der Waals surface area contributed by atoms with Crippen LogP contribution in [0.2, 0.25) is 0 Å². The van der Waals surface area contributed by atoms with E-state index >= 15 is 0 Å². The normalized spacial score (nSPS) is 16.2. The first-order chi connectivity index (χ1) is 11.8. The van der Waals surface area contributed by atoms with E-state index in [0.717, 1.165) is 25.6 Å². The highest BCUT2D eigenvalue weighted by Gasteiger charge is 2.10. The molecule has 0 radical (unpaired) electrons. The standard InChI is InChI=1S/C19H32N4O/c1-3-20-19(21-11-14-24-2)22-15-17-7-9-18(10-8-17)16-23-12-5-4-6-13-23/h7-10H,3-6,11-16H2,1-2H3,(H2,20,21,22). The summed E-state index contributed by atoms with van der Waals surface area (Å²) in [6.07, 6.45) is 4.08. The molecular formula is C19H32N4O. The molecule has 5 heteroatoms. The minimum absolute atomic E-state index is 0.676. The number of methoxy groups -OCH3 is 1. The molecule has 1 saturated heterocycles. The Morgan fingerprint density at radius 3 is 2.46 bits per heavy atom. The summed E-state index contributed by atoms with van der Waals surface area (Å²) in [7, 11) is 1.71. The number of hydrogen-bond acceptors (Lipinski definition) is 3. The van der Waals surface area contributed by atoms with Gasteiger partial charge in [-0.05, 0) is 44.0 Å². The van der Waals surface area contributed by atoms with Crippen LogP contribution in [0, 0.1) is 0 Å². The lowest BCUT2D eigenvalue weighted by Crippen LogP contribution is -2.38. The number of likely N-dealkylation sites (tertiary alicyclic amines) is 1. The summed E-state index contributed by atoms with van der Waals surface area (Å²) >= 11 is 0. The van der Waals surface area contributed by atoms with Crippen molar-refractivity contribution >= 4 is 5.96 Å². The van der Waals surface area contributed by atoms with Gasteiger partial charge in [-0.2, -0.15) is 0 Å². The minimum atomic E-state index is 0.676. The van der Waals surface area contributed by atoms with Gasteiger partial charge < -0.3 is 15.4 Å². The summed E-state index contributed by atoms with van der Waals surface area (Å²) < 4.78 is 5.06. The molecule has 0 saturated carbocycles. The maximum atomic E-state index is 5.06. The molecule has 1 aromatic carbocycles. The van der Waals surface area contributed by atoms with E-state index in [9.17, 15) is 0 Å². The van der Waals surface area contributed by atoms with E-state index < -0.39 is 0 Å². The number of nitrogens with one attached hydrogen (secondary N) is 2. The van der Waals surface area contributed by atoms with Crippen molar-refractivity contribution in [3.05, 3.63) is 35.4 Å². The molecule has 0 atom stereocenters. The van der Waals surface area contributed by atoms with Gasteiger partial charge >= 0.3 is 0 Å². The van der Waals surface area contributed by atoms with Gasteiger partial charge in [0.2, 0.25) is 0 Å². The third kappa shape index (κ3) is 6.89. The van der Waals surface area contributed by atoms with Crippen molar-refractivity contribution in [2.45, 2.75) is 39.3 Å². The highest BCUT2D eigenvalue weighted by atomic mass is 16.5. The molecule has 1 fully saturated rings. The van der Waals surface area contributed by atoms with Crippen molar-refractivity contribution < 1.29 is 4.74 Å². The first-order valence-corrected chi connectivity index (χ1v) is 9.13. The SMILES string of the molecule is CCNC(=NCc1ccc(CN2CCCCC2)cc1)NCCOC. The molecule has 24 heavy (non-hydrogen) atoms. The Balaban J connectivity index is 1.83. The van der Waals surface area contributed by atoms with E-state index in [2.05, 4.69) is 51.7 Å². The van der Waals surface area contributed by atoms with Crippen molar-refractivity contribution in [3.8, 4) is 0 Å². The number of ether oxygens (including phenoxy) is 1. The largest absolute Gasteiger partial charge is 0.383 e. The average Bonchev–Trinajstić information content (AvgIpc) is 2.62. The smallest absolute Gasteiger partial charge is 0.191 e. The predicted molar refractivity (Wildman–Crippen MR) is 100 cm³/mol.